The first-order chi connectivity index (χ1) is 19.7. The third-order valence-electron chi connectivity index (χ3n) is 8.09. The summed E-state index contributed by atoms with van der Waals surface area (Å²) in [4.78, 5) is 38.5. The van der Waals surface area contributed by atoms with E-state index in [2.05, 4.69) is 73.0 Å². The molecule has 1 fully saturated rings. The van der Waals surface area contributed by atoms with Crippen molar-refractivity contribution in [1.82, 2.24) is 9.80 Å². The summed E-state index contributed by atoms with van der Waals surface area (Å²) in [6.45, 7) is 13.4. The van der Waals surface area contributed by atoms with Crippen molar-refractivity contribution in [1.29, 1.82) is 0 Å². The Balaban J connectivity index is 0.000000507. The van der Waals surface area contributed by atoms with Crippen LogP contribution in [-0.4, -0.2) is 59.6 Å². The summed E-state index contributed by atoms with van der Waals surface area (Å²) in [5.74, 6) is 1.99. The van der Waals surface area contributed by atoms with Crippen molar-refractivity contribution in [2.24, 2.45) is 0 Å². The van der Waals surface area contributed by atoms with Gasteiger partial charge in [0.2, 0.25) is 5.91 Å². The molecule has 6 heteroatoms. The molecule has 0 aliphatic carbocycles. The maximum absolute atomic E-state index is 13.5. The van der Waals surface area contributed by atoms with Gasteiger partial charge < -0.3 is 19.2 Å². The van der Waals surface area contributed by atoms with E-state index in [-0.39, 0.29) is 17.5 Å². The van der Waals surface area contributed by atoms with Crippen LogP contribution >= 0.6 is 0 Å². The largest absolute Gasteiger partial charge is 0.493 e. The van der Waals surface area contributed by atoms with E-state index in [9.17, 15) is 14.4 Å². The summed E-state index contributed by atoms with van der Waals surface area (Å²) >= 11 is 0. The third-order valence-corrected chi connectivity index (χ3v) is 8.09. The molecule has 2 aliphatic heterocycles. The van der Waals surface area contributed by atoms with E-state index >= 15 is 0 Å². The molecule has 2 heterocycles. The fourth-order valence-corrected chi connectivity index (χ4v) is 5.81. The lowest BCUT2D eigenvalue weighted by Crippen LogP contribution is -2.42. The van der Waals surface area contributed by atoms with Crippen LogP contribution in [0.1, 0.15) is 101 Å². The molecule has 2 aromatic rings. The van der Waals surface area contributed by atoms with E-state index < -0.39 is 0 Å². The molecule has 0 radical (unpaired) electrons. The van der Waals surface area contributed by atoms with E-state index in [0.717, 1.165) is 64.0 Å². The monoisotopic (exact) mass is 562 g/mol. The minimum atomic E-state index is 0.0835. The molecule has 4 rings (SSSR count). The van der Waals surface area contributed by atoms with Gasteiger partial charge >= 0.3 is 0 Å². The fraction of sp³-hybridized carbons (Fsp3) is 0.571. The first kappa shape index (κ1) is 32.5. The molecule has 1 saturated heterocycles. The van der Waals surface area contributed by atoms with Crippen molar-refractivity contribution in [3.05, 3.63) is 64.7 Å². The lowest BCUT2D eigenvalue weighted by molar-refractivity contribution is -0.133. The zero-order valence-electron chi connectivity index (χ0n) is 25.9. The summed E-state index contributed by atoms with van der Waals surface area (Å²) in [5, 5.41) is 0. The van der Waals surface area contributed by atoms with Crippen molar-refractivity contribution in [3.8, 4) is 5.75 Å². The maximum Gasteiger partial charge on any atom is 0.237 e. The second-order valence-corrected chi connectivity index (χ2v) is 11.8. The Morgan fingerprint density at radius 3 is 2.41 bits per heavy atom. The molecule has 0 saturated carbocycles. The molecule has 2 aromatic carbocycles. The predicted molar refractivity (Wildman–Crippen MR) is 165 cm³/mol. The first-order valence-corrected chi connectivity index (χ1v) is 15.5. The molecular weight excluding hydrogens is 512 g/mol. The predicted octanol–water partition coefficient (Wildman–Crippen LogP) is 6.66. The van der Waals surface area contributed by atoms with Gasteiger partial charge in [0.1, 0.15) is 17.3 Å². The van der Waals surface area contributed by atoms with Crippen LogP contribution in [0.3, 0.4) is 0 Å². The zero-order valence-corrected chi connectivity index (χ0v) is 25.9. The van der Waals surface area contributed by atoms with Crippen molar-refractivity contribution >= 4 is 17.5 Å². The molecule has 2 atom stereocenters. The summed E-state index contributed by atoms with van der Waals surface area (Å²) in [5.41, 5.74) is 5.24. The van der Waals surface area contributed by atoms with E-state index in [0.29, 0.717) is 37.9 Å². The van der Waals surface area contributed by atoms with Gasteiger partial charge in [0.05, 0.1) is 13.2 Å². The summed E-state index contributed by atoms with van der Waals surface area (Å²) < 4.78 is 5.70. The zero-order chi connectivity index (χ0) is 29.8. The fourth-order valence-electron chi connectivity index (χ4n) is 5.81. The summed E-state index contributed by atoms with van der Waals surface area (Å²) in [6.07, 6.45) is 7.42. The maximum atomic E-state index is 13.5. The number of fused-ring (bicyclic) bond motifs is 1. The number of carbonyl (C=O) groups excluding carboxylic acids is 3. The summed E-state index contributed by atoms with van der Waals surface area (Å²) in [7, 11) is 0. The Labute approximate surface area is 247 Å². The number of amides is 1. The second-order valence-electron chi connectivity index (χ2n) is 11.8. The Bertz CT molecular complexity index is 1150. The molecule has 41 heavy (non-hydrogen) atoms. The standard InChI is InChI=1S/C29H40N2O2.C6H10O2/c1-4-6-14-30(19-23-10-7-9-22(3)16-23)29(32)21-31-20-26(18-27(31)8-5-2)24-11-12-28-25(17-24)13-15-33-28;1-5(7)3-4-6(2)8/h7,9-12,16-17,26-27H,4-6,8,13-15,18-21H2,1-3H3;3-4H2,1-2H3. The average Bonchev–Trinajstić information content (AvgIpc) is 3.57. The highest BCUT2D eigenvalue weighted by molar-refractivity contribution is 5.83. The van der Waals surface area contributed by atoms with Gasteiger partial charge in [-0.05, 0) is 68.7 Å². The normalized spacial score (nSPS) is 17.8. The Hall–Kier alpha value is -2.99. The van der Waals surface area contributed by atoms with Crippen molar-refractivity contribution < 1.29 is 19.1 Å². The van der Waals surface area contributed by atoms with E-state index in [4.69, 9.17) is 4.74 Å². The smallest absolute Gasteiger partial charge is 0.237 e. The van der Waals surface area contributed by atoms with E-state index in [1.165, 1.54) is 36.1 Å². The molecule has 2 aliphatic rings. The van der Waals surface area contributed by atoms with Crippen molar-refractivity contribution in [2.45, 2.75) is 104 Å². The molecule has 0 N–H and O–H groups in total. The Morgan fingerprint density at radius 2 is 1.76 bits per heavy atom. The number of likely N-dealkylation sites (tertiary alicyclic amines) is 1. The van der Waals surface area contributed by atoms with Crippen molar-refractivity contribution in [2.75, 3.05) is 26.2 Å². The first-order valence-electron chi connectivity index (χ1n) is 15.5. The van der Waals surface area contributed by atoms with Gasteiger partial charge in [-0.15, -0.1) is 0 Å². The molecular formula is C35H50N2O4. The van der Waals surface area contributed by atoms with Crippen LogP contribution in [0.25, 0.3) is 0 Å². The van der Waals surface area contributed by atoms with Gasteiger partial charge in [-0.2, -0.15) is 0 Å². The Kier molecular flexibility index (Phi) is 13.1. The molecule has 1 amide bonds. The minimum absolute atomic E-state index is 0.0835. The number of nitrogens with zero attached hydrogens (tertiary/aromatic N) is 2. The molecule has 224 valence electrons. The minimum Gasteiger partial charge on any atom is -0.493 e. The van der Waals surface area contributed by atoms with Crippen LogP contribution < -0.4 is 4.74 Å². The number of benzene rings is 2. The topological polar surface area (TPSA) is 66.9 Å². The number of hydrogen-bond acceptors (Lipinski definition) is 5. The second kappa shape index (κ2) is 16.5. The molecule has 0 aromatic heterocycles. The van der Waals surface area contributed by atoms with E-state index in [1.54, 1.807) is 0 Å². The number of ether oxygens (including phenoxy) is 1. The van der Waals surface area contributed by atoms with Gasteiger partial charge in [0.15, 0.2) is 0 Å². The Morgan fingerprint density at radius 1 is 1.00 bits per heavy atom. The van der Waals surface area contributed by atoms with Gasteiger partial charge in [-0.25, -0.2) is 0 Å². The lowest BCUT2D eigenvalue weighted by atomic mass is 9.93. The third kappa shape index (κ3) is 10.4. The number of ketones is 2. The molecule has 0 spiro atoms. The van der Waals surface area contributed by atoms with Gasteiger partial charge in [0, 0.05) is 44.9 Å². The number of hydrogen-bond donors (Lipinski definition) is 0. The van der Waals surface area contributed by atoms with Gasteiger partial charge in [-0.1, -0.05) is 68.7 Å². The van der Waals surface area contributed by atoms with Crippen LogP contribution in [0.4, 0.5) is 0 Å². The molecule has 0 bridgehead atoms. The van der Waals surface area contributed by atoms with Crippen LogP contribution in [0.5, 0.6) is 5.75 Å². The van der Waals surface area contributed by atoms with Crippen molar-refractivity contribution in [3.63, 3.8) is 0 Å². The van der Waals surface area contributed by atoms with Crippen LogP contribution in [0, 0.1) is 6.92 Å². The van der Waals surface area contributed by atoms with Gasteiger partial charge in [0.25, 0.3) is 0 Å². The van der Waals surface area contributed by atoms with Crippen LogP contribution in [-0.2, 0) is 27.3 Å². The van der Waals surface area contributed by atoms with E-state index in [1.807, 2.05) is 0 Å². The SMILES string of the molecule is CC(=O)CCC(C)=O.CCCCN(Cc1cccc(C)c1)C(=O)CN1CC(c2ccc3c(c2)CCO3)CC1CCC. The highest BCUT2D eigenvalue weighted by atomic mass is 16.5. The number of carbonyl (C=O) groups is 3. The number of aryl methyl sites for hydroxylation is 1. The highest BCUT2D eigenvalue weighted by Gasteiger charge is 2.34. The van der Waals surface area contributed by atoms with Crippen LogP contribution in [0.2, 0.25) is 0 Å². The van der Waals surface area contributed by atoms with Gasteiger partial charge in [-0.3, -0.25) is 9.69 Å². The quantitative estimate of drug-likeness (QED) is 0.273. The highest BCUT2D eigenvalue weighted by Crippen LogP contribution is 2.36. The number of unbranched alkanes of at least 4 members (excludes halogenated alkanes) is 1. The molecule has 6 nitrogen and oxygen atoms in total. The number of Topliss-reactive ketones (excluding diaryl/α,β-unsaturated/α-hetero) is 2. The van der Waals surface area contributed by atoms with Crippen LogP contribution in [0.15, 0.2) is 42.5 Å². The average molecular weight is 563 g/mol. The molecule has 2 unspecified atom stereocenters. The number of rotatable bonds is 13. The lowest BCUT2D eigenvalue weighted by Gasteiger charge is -2.28. The summed E-state index contributed by atoms with van der Waals surface area (Å²) in [6, 6.07) is 15.8.